The number of hydrogen-bond acceptors (Lipinski definition) is 4. The van der Waals surface area contributed by atoms with Crippen molar-refractivity contribution in [3.8, 4) is 5.88 Å². The lowest BCUT2D eigenvalue weighted by Crippen LogP contribution is -2.46. The zero-order valence-corrected chi connectivity index (χ0v) is 10.0. The van der Waals surface area contributed by atoms with Crippen LogP contribution in [0.3, 0.4) is 0 Å². The van der Waals surface area contributed by atoms with Crippen molar-refractivity contribution < 1.29 is 31.1 Å². The number of alkyl halides is 6. The molecule has 0 unspecified atom stereocenters. The fourth-order valence-electron chi connectivity index (χ4n) is 1.57. The molecular formula is C11H7F6N3O. The predicted molar refractivity (Wildman–Crippen MR) is 60.5 cm³/mol. The summed E-state index contributed by atoms with van der Waals surface area (Å²) in [6.45, 7) is 0. The monoisotopic (exact) mass is 311 g/mol. The largest absolute Gasteiger partial charge is 0.454 e. The quantitative estimate of drug-likeness (QED) is 0.684. The van der Waals surface area contributed by atoms with E-state index in [1.165, 1.54) is 18.2 Å². The molecule has 2 aromatic rings. The zero-order chi connectivity index (χ0) is 15.8. The number of anilines is 1. The molecule has 0 spiro atoms. The van der Waals surface area contributed by atoms with Crippen molar-refractivity contribution in [2.45, 2.75) is 18.5 Å². The molecule has 4 nitrogen and oxygen atoms in total. The SMILES string of the molecule is Nc1ccc2c(OC(C(F)(F)F)C(F)(F)F)ncnc2c1. The summed E-state index contributed by atoms with van der Waals surface area (Å²) in [5.74, 6) is -0.820. The van der Waals surface area contributed by atoms with Gasteiger partial charge < -0.3 is 10.5 Å². The van der Waals surface area contributed by atoms with Gasteiger partial charge in [-0.25, -0.2) is 9.97 Å². The fourth-order valence-corrected chi connectivity index (χ4v) is 1.57. The predicted octanol–water partition coefficient (Wildman–Crippen LogP) is 3.08. The van der Waals surface area contributed by atoms with E-state index in [9.17, 15) is 26.3 Å². The average Bonchev–Trinajstić information content (AvgIpc) is 2.32. The zero-order valence-electron chi connectivity index (χ0n) is 10.0. The number of benzene rings is 1. The Morgan fingerprint density at radius 1 is 1.00 bits per heavy atom. The van der Waals surface area contributed by atoms with E-state index in [1.807, 2.05) is 0 Å². The Morgan fingerprint density at radius 2 is 1.62 bits per heavy atom. The van der Waals surface area contributed by atoms with Crippen LogP contribution in [0.1, 0.15) is 0 Å². The molecule has 0 saturated heterocycles. The third-order valence-corrected chi connectivity index (χ3v) is 2.45. The van der Waals surface area contributed by atoms with Gasteiger partial charge in [-0.1, -0.05) is 0 Å². The van der Waals surface area contributed by atoms with Gasteiger partial charge in [0.25, 0.3) is 6.10 Å². The minimum atomic E-state index is -5.62. The van der Waals surface area contributed by atoms with E-state index in [0.717, 1.165) is 6.33 Å². The Labute approximate surface area is 113 Å². The molecule has 1 heterocycles. The number of nitrogens with zero attached hydrogens (tertiary/aromatic N) is 2. The number of fused-ring (bicyclic) bond motifs is 1. The van der Waals surface area contributed by atoms with Crippen LogP contribution in [0.5, 0.6) is 5.88 Å². The minimum absolute atomic E-state index is 0.0723. The highest BCUT2D eigenvalue weighted by molar-refractivity contribution is 5.85. The van der Waals surface area contributed by atoms with Gasteiger partial charge in [0, 0.05) is 5.69 Å². The summed E-state index contributed by atoms with van der Waals surface area (Å²) >= 11 is 0. The van der Waals surface area contributed by atoms with Gasteiger partial charge in [-0.3, -0.25) is 0 Å². The Balaban J connectivity index is 2.47. The van der Waals surface area contributed by atoms with Gasteiger partial charge >= 0.3 is 12.4 Å². The highest BCUT2D eigenvalue weighted by Crippen LogP contribution is 2.37. The van der Waals surface area contributed by atoms with Gasteiger partial charge in [0.05, 0.1) is 10.9 Å². The molecular weight excluding hydrogens is 304 g/mol. The van der Waals surface area contributed by atoms with Crippen LogP contribution in [0.25, 0.3) is 10.9 Å². The second-order valence-electron chi connectivity index (χ2n) is 4.04. The summed E-state index contributed by atoms with van der Waals surface area (Å²) in [4.78, 5) is 7.03. The molecule has 0 bridgehead atoms. The van der Waals surface area contributed by atoms with Crippen LogP contribution in [-0.4, -0.2) is 28.4 Å². The molecule has 1 aromatic heterocycles. The number of halogens is 6. The smallest absolute Gasteiger partial charge is 0.434 e. The van der Waals surface area contributed by atoms with Crippen LogP contribution in [-0.2, 0) is 0 Å². The Hall–Kier alpha value is -2.26. The third kappa shape index (κ3) is 3.26. The molecule has 0 atom stereocenters. The highest BCUT2D eigenvalue weighted by Gasteiger charge is 2.59. The number of nitrogens with two attached hydrogens (primary N) is 1. The van der Waals surface area contributed by atoms with Gasteiger partial charge in [0.2, 0.25) is 5.88 Å². The van der Waals surface area contributed by atoms with E-state index < -0.39 is 24.3 Å². The second kappa shape index (κ2) is 4.93. The van der Waals surface area contributed by atoms with Gasteiger partial charge in [-0.2, -0.15) is 26.3 Å². The number of rotatable bonds is 2. The number of ether oxygens (including phenoxy) is 1. The van der Waals surface area contributed by atoms with Gasteiger partial charge in [0.1, 0.15) is 6.33 Å². The van der Waals surface area contributed by atoms with Crippen LogP contribution in [0.2, 0.25) is 0 Å². The molecule has 114 valence electrons. The summed E-state index contributed by atoms with van der Waals surface area (Å²) in [6, 6.07) is 3.75. The molecule has 0 radical (unpaired) electrons. The summed E-state index contributed by atoms with van der Waals surface area (Å²) in [7, 11) is 0. The van der Waals surface area contributed by atoms with Crippen LogP contribution in [0.15, 0.2) is 24.5 Å². The molecule has 0 amide bonds. The van der Waals surface area contributed by atoms with E-state index in [2.05, 4.69) is 14.7 Å². The first-order valence-electron chi connectivity index (χ1n) is 5.39. The van der Waals surface area contributed by atoms with Crippen LogP contribution < -0.4 is 10.5 Å². The minimum Gasteiger partial charge on any atom is -0.454 e. The van der Waals surface area contributed by atoms with Crippen molar-refractivity contribution in [2.75, 3.05) is 5.73 Å². The molecule has 2 rings (SSSR count). The summed E-state index contributed by atoms with van der Waals surface area (Å²) in [6.07, 6.45) is -14.4. The Morgan fingerprint density at radius 3 is 2.19 bits per heavy atom. The van der Waals surface area contributed by atoms with Crippen LogP contribution in [0, 0.1) is 0 Å². The maximum absolute atomic E-state index is 12.5. The van der Waals surface area contributed by atoms with Gasteiger partial charge in [-0.05, 0) is 18.2 Å². The molecule has 21 heavy (non-hydrogen) atoms. The number of aromatic nitrogens is 2. The fraction of sp³-hybridized carbons (Fsp3) is 0.273. The van der Waals surface area contributed by atoms with Gasteiger partial charge in [0.15, 0.2) is 0 Å². The molecule has 0 fully saturated rings. The van der Waals surface area contributed by atoms with Crippen molar-refractivity contribution >= 4 is 16.6 Å². The third-order valence-electron chi connectivity index (χ3n) is 2.45. The van der Waals surface area contributed by atoms with Crippen molar-refractivity contribution in [1.29, 1.82) is 0 Å². The summed E-state index contributed by atoms with van der Waals surface area (Å²) < 4.78 is 78.8. The van der Waals surface area contributed by atoms with Crippen molar-refractivity contribution in [3.63, 3.8) is 0 Å². The molecule has 0 aliphatic carbocycles. The van der Waals surface area contributed by atoms with Crippen LogP contribution in [0.4, 0.5) is 32.0 Å². The molecule has 1 aromatic carbocycles. The van der Waals surface area contributed by atoms with E-state index in [-0.39, 0.29) is 16.6 Å². The number of hydrogen-bond donors (Lipinski definition) is 1. The maximum atomic E-state index is 12.5. The first kappa shape index (κ1) is 15.1. The summed E-state index contributed by atoms with van der Waals surface area (Å²) in [5.41, 5.74) is 5.77. The molecule has 0 aliphatic rings. The van der Waals surface area contributed by atoms with E-state index >= 15 is 0 Å². The first-order chi connectivity index (χ1) is 9.59. The van der Waals surface area contributed by atoms with Crippen molar-refractivity contribution in [1.82, 2.24) is 9.97 Å². The molecule has 0 aliphatic heterocycles. The Kier molecular flexibility index (Phi) is 3.56. The lowest BCUT2D eigenvalue weighted by atomic mass is 10.2. The van der Waals surface area contributed by atoms with Gasteiger partial charge in [-0.15, -0.1) is 0 Å². The molecule has 10 heteroatoms. The van der Waals surface area contributed by atoms with E-state index in [1.54, 1.807) is 0 Å². The average molecular weight is 311 g/mol. The van der Waals surface area contributed by atoms with Crippen molar-refractivity contribution in [2.24, 2.45) is 0 Å². The number of nitrogen functional groups attached to an aromatic ring is 1. The highest BCUT2D eigenvalue weighted by atomic mass is 19.4. The maximum Gasteiger partial charge on any atom is 0.434 e. The topological polar surface area (TPSA) is 61.0 Å². The summed E-state index contributed by atoms with van der Waals surface area (Å²) in [5, 5.41) is -0.106. The first-order valence-corrected chi connectivity index (χ1v) is 5.39. The molecule has 2 N–H and O–H groups in total. The van der Waals surface area contributed by atoms with Crippen LogP contribution >= 0.6 is 0 Å². The van der Waals surface area contributed by atoms with E-state index in [4.69, 9.17) is 5.73 Å². The normalized spacial score (nSPS) is 12.9. The second-order valence-corrected chi connectivity index (χ2v) is 4.04. The lowest BCUT2D eigenvalue weighted by Gasteiger charge is -2.23. The standard InChI is InChI=1S/C11H7F6N3O/c12-10(13,14)9(11(15,16)17)21-8-6-2-1-5(18)3-7(6)19-4-20-8/h1-4,9H,18H2. The Bertz CT molecular complexity index is 640. The molecule has 0 saturated carbocycles. The van der Waals surface area contributed by atoms with E-state index in [0.29, 0.717) is 0 Å². The van der Waals surface area contributed by atoms with Crippen molar-refractivity contribution in [3.05, 3.63) is 24.5 Å². The lowest BCUT2D eigenvalue weighted by molar-refractivity contribution is -0.300.